The minimum Gasteiger partial charge on any atom is -0.485 e. The number of carbonyl (C=O) groups is 1. The molecule has 0 bridgehead atoms. The van der Waals surface area contributed by atoms with Crippen LogP contribution in [0.15, 0.2) is 72.8 Å². The fraction of sp³-hybridized carbons (Fsp3) is 0.208. The van der Waals surface area contributed by atoms with E-state index in [2.05, 4.69) is 30.3 Å². The number of rotatable bonds is 2. The van der Waals surface area contributed by atoms with E-state index in [-0.39, 0.29) is 12.5 Å². The smallest absolute Gasteiger partial charge is 0.271 e. The SMILES string of the molecule is O=C(C1COc2ccccc2O1)N1CCCc2cc(-c3ccccc3)ccc21. The van der Waals surface area contributed by atoms with Crippen LogP contribution in [0.4, 0.5) is 5.69 Å². The highest BCUT2D eigenvalue weighted by molar-refractivity contribution is 5.98. The van der Waals surface area contributed by atoms with E-state index in [9.17, 15) is 4.79 Å². The number of aryl methyl sites for hydroxylation is 1. The molecule has 28 heavy (non-hydrogen) atoms. The Hall–Kier alpha value is -3.27. The first-order valence-corrected chi connectivity index (χ1v) is 9.68. The molecule has 4 heteroatoms. The number of hydrogen-bond donors (Lipinski definition) is 0. The van der Waals surface area contributed by atoms with Gasteiger partial charge in [0.1, 0.15) is 6.61 Å². The molecular formula is C24H21NO3. The van der Waals surface area contributed by atoms with Gasteiger partial charge in [-0.3, -0.25) is 4.79 Å². The lowest BCUT2D eigenvalue weighted by atomic mass is 9.96. The molecule has 0 fully saturated rings. The molecule has 0 aliphatic carbocycles. The number of para-hydroxylation sites is 2. The van der Waals surface area contributed by atoms with E-state index in [1.165, 1.54) is 16.7 Å². The van der Waals surface area contributed by atoms with Crippen LogP contribution in [0.1, 0.15) is 12.0 Å². The van der Waals surface area contributed by atoms with E-state index in [0.717, 1.165) is 18.5 Å². The first-order chi connectivity index (χ1) is 13.8. The van der Waals surface area contributed by atoms with Crippen LogP contribution in [0.25, 0.3) is 11.1 Å². The molecule has 5 rings (SSSR count). The van der Waals surface area contributed by atoms with E-state index in [4.69, 9.17) is 9.47 Å². The maximum atomic E-state index is 13.2. The molecule has 1 unspecified atom stereocenters. The van der Waals surface area contributed by atoms with E-state index in [0.29, 0.717) is 18.0 Å². The number of benzene rings is 3. The minimum absolute atomic E-state index is 0.0390. The van der Waals surface area contributed by atoms with Crippen molar-refractivity contribution in [2.24, 2.45) is 0 Å². The Kier molecular flexibility index (Phi) is 4.24. The van der Waals surface area contributed by atoms with Crippen LogP contribution in [-0.2, 0) is 11.2 Å². The topological polar surface area (TPSA) is 38.8 Å². The molecule has 3 aromatic carbocycles. The highest BCUT2D eigenvalue weighted by Crippen LogP contribution is 2.35. The molecule has 4 nitrogen and oxygen atoms in total. The molecule has 0 aromatic heterocycles. The molecule has 0 radical (unpaired) electrons. The lowest BCUT2D eigenvalue weighted by Crippen LogP contribution is -2.48. The number of carbonyl (C=O) groups excluding carboxylic acids is 1. The molecule has 140 valence electrons. The molecule has 1 atom stereocenters. The van der Waals surface area contributed by atoms with Crippen molar-refractivity contribution in [2.75, 3.05) is 18.1 Å². The maximum Gasteiger partial charge on any atom is 0.271 e. The summed E-state index contributed by atoms with van der Waals surface area (Å²) in [5.41, 5.74) is 4.56. The van der Waals surface area contributed by atoms with Crippen LogP contribution in [0.2, 0.25) is 0 Å². The second-order valence-corrected chi connectivity index (χ2v) is 7.17. The molecule has 1 amide bonds. The van der Waals surface area contributed by atoms with Crippen LogP contribution >= 0.6 is 0 Å². The fourth-order valence-corrected chi connectivity index (χ4v) is 3.95. The summed E-state index contributed by atoms with van der Waals surface area (Å²) in [6.07, 6.45) is 1.31. The summed E-state index contributed by atoms with van der Waals surface area (Å²) in [5.74, 6) is 1.28. The largest absolute Gasteiger partial charge is 0.485 e. The van der Waals surface area contributed by atoms with Gasteiger partial charge < -0.3 is 14.4 Å². The van der Waals surface area contributed by atoms with Crippen LogP contribution in [0.3, 0.4) is 0 Å². The summed E-state index contributed by atoms with van der Waals surface area (Å²) in [4.78, 5) is 15.1. The molecule has 0 N–H and O–H groups in total. The van der Waals surface area contributed by atoms with Gasteiger partial charge in [-0.15, -0.1) is 0 Å². The Bertz CT molecular complexity index is 1020. The number of ether oxygens (including phenoxy) is 2. The van der Waals surface area contributed by atoms with Gasteiger partial charge in [-0.1, -0.05) is 48.5 Å². The predicted molar refractivity (Wildman–Crippen MR) is 109 cm³/mol. The lowest BCUT2D eigenvalue weighted by Gasteiger charge is -2.34. The fourth-order valence-electron chi connectivity index (χ4n) is 3.95. The Morgan fingerprint density at radius 2 is 1.68 bits per heavy atom. The summed E-state index contributed by atoms with van der Waals surface area (Å²) in [6, 6.07) is 24.2. The van der Waals surface area contributed by atoms with Crippen molar-refractivity contribution in [3.8, 4) is 22.6 Å². The second-order valence-electron chi connectivity index (χ2n) is 7.17. The standard InChI is InChI=1S/C24H21NO3/c26-24(23-16-27-21-10-4-5-11-22(21)28-23)25-14-6-9-19-15-18(12-13-20(19)25)17-7-2-1-3-8-17/h1-5,7-8,10-13,15,23H,6,9,14,16H2. The van der Waals surface area contributed by atoms with Gasteiger partial charge in [-0.25, -0.2) is 0 Å². The maximum absolute atomic E-state index is 13.2. The third-order valence-electron chi connectivity index (χ3n) is 5.36. The van der Waals surface area contributed by atoms with E-state index >= 15 is 0 Å². The lowest BCUT2D eigenvalue weighted by molar-refractivity contribution is -0.127. The van der Waals surface area contributed by atoms with E-state index < -0.39 is 6.10 Å². The zero-order chi connectivity index (χ0) is 18.9. The van der Waals surface area contributed by atoms with Crippen molar-refractivity contribution in [3.05, 3.63) is 78.4 Å². The van der Waals surface area contributed by atoms with Gasteiger partial charge in [-0.05, 0) is 53.8 Å². The highest BCUT2D eigenvalue weighted by atomic mass is 16.6. The number of hydrogen-bond acceptors (Lipinski definition) is 3. The number of fused-ring (bicyclic) bond motifs is 2. The minimum atomic E-state index is -0.616. The van der Waals surface area contributed by atoms with Crippen molar-refractivity contribution in [3.63, 3.8) is 0 Å². The molecular weight excluding hydrogens is 350 g/mol. The van der Waals surface area contributed by atoms with Gasteiger partial charge in [0, 0.05) is 12.2 Å². The van der Waals surface area contributed by atoms with Gasteiger partial charge in [0.05, 0.1) is 0 Å². The van der Waals surface area contributed by atoms with Crippen molar-refractivity contribution >= 4 is 11.6 Å². The van der Waals surface area contributed by atoms with Crippen molar-refractivity contribution in [1.82, 2.24) is 0 Å². The first-order valence-electron chi connectivity index (χ1n) is 9.68. The van der Waals surface area contributed by atoms with Crippen molar-refractivity contribution < 1.29 is 14.3 Å². The van der Waals surface area contributed by atoms with Crippen molar-refractivity contribution in [2.45, 2.75) is 18.9 Å². The second kappa shape index (κ2) is 7.04. The normalized spacial score (nSPS) is 17.7. The summed E-state index contributed by atoms with van der Waals surface area (Å²) in [6.45, 7) is 0.946. The molecule has 0 spiro atoms. The predicted octanol–water partition coefficient (Wildman–Crippen LogP) is 4.47. The van der Waals surface area contributed by atoms with Gasteiger partial charge in [-0.2, -0.15) is 0 Å². The molecule has 0 saturated heterocycles. The van der Waals surface area contributed by atoms with Gasteiger partial charge >= 0.3 is 0 Å². The van der Waals surface area contributed by atoms with Crippen LogP contribution < -0.4 is 14.4 Å². The summed E-state index contributed by atoms with van der Waals surface area (Å²) < 4.78 is 11.7. The highest BCUT2D eigenvalue weighted by Gasteiger charge is 2.33. The Labute approximate surface area is 164 Å². The molecule has 2 aliphatic rings. The number of amides is 1. The van der Waals surface area contributed by atoms with Crippen LogP contribution in [0, 0.1) is 0 Å². The van der Waals surface area contributed by atoms with Gasteiger partial charge in [0.25, 0.3) is 5.91 Å². The third-order valence-corrected chi connectivity index (χ3v) is 5.36. The summed E-state index contributed by atoms with van der Waals surface area (Å²) in [5, 5.41) is 0. The summed E-state index contributed by atoms with van der Waals surface area (Å²) in [7, 11) is 0. The van der Waals surface area contributed by atoms with Gasteiger partial charge in [0.2, 0.25) is 6.10 Å². The number of nitrogens with zero attached hydrogens (tertiary/aromatic N) is 1. The van der Waals surface area contributed by atoms with Crippen LogP contribution in [-0.4, -0.2) is 25.2 Å². The zero-order valence-electron chi connectivity index (χ0n) is 15.5. The Morgan fingerprint density at radius 1 is 0.893 bits per heavy atom. The Balaban J connectivity index is 1.41. The summed E-state index contributed by atoms with van der Waals surface area (Å²) >= 11 is 0. The van der Waals surface area contributed by atoms with Crippen molar-refractivity contribution in [1.29, 1.82) is 0 Å². The third kappa shape index (κ3) is 3.01. The van der Waals surface area contributed by atoms with Crippen LogP contribution in [0.5, 0.6) is 11.5 Å². The monoisotopic (exact) mass is 371 g/mol. The molecule has 3 aromatic rings. The van der Waals surface area contributed by atoms with Gasteiger partial charge in [0.15, 0.2) is 11.5 Å². The molecule has 2 aliphatic heterocycles. The average molecular weight is 371 g/mol. The molecule has 2 heterocycles. The Morgan fingerprint density at radius 3 is 2.54 bits per heavy atom. The zero-order valence-corrected chi connectivity index (χ0v) is 15.5. The quantitative estimate of drug-likeness (QED) is 0.667. The average Bonchev–Trinajstić information content (AvgIpc) is 2.78. The number of anilines is 1. The van der Waals surface area contributed by atoms with E-state index in [1.807, 2.05) is 47.4 Å². The molecule has 0 saturated carbocycles. The van der Waals surface area contributed by atoms with E-state index in [1.54, 1.807) is 0 Å². The first kappa shape index (κ1) is 16.9.